The van der Waals surface area contributed by atoms with Gasteiger partial charge in [-0.2, -0.15) is 5.10 Å². The second-order valence-electron chi connectivity index (χ2n) is 5.40. The predicted molar refractivity (Wildman–Crippen MR) is 77.6 cm³/mol. The molecule has 1 aromatic heterocycles. The number of hydrogen-bond donors (Lipinski definition) is 1. The number of carbonyl (C=O) groups excluding carboxylic acids is 1. The molecule has 1 amide bonds. The van der Waals surface area contributed by atoms with Crippen molar-refractivity contribution in [2.24, 2.45) is 5.92 Å². The van der Waals surface area contributed by atoms with E-state index in [1.165, 1.54) is 0 Å². The van der Waals surface area contributed by atoms with Gasteiger partial charge in [0.05, 0.1) is 11.4 Å². The molecule has 2 rings (SSSR count). The first-order valence-corrected chi connectivity index (χ1v) is 7.20. The second-order valence-corrected chi connectivity index (χ2v) is 5.40. The Balaban J connectivity index is 2.09. The van der Waals surface area contributed by atoms with Crippen molar-refractivity contribution in [3.05, 3.63) is 11.4 Å². The second kappa shape index (κ2) is 6.26. The van der Waals surface area contributed by atoms with E-state index in [1.807, 2.05) is 20.9 Å². The first-order valence-electron chi connectivity index (χ1n) is 7.20. The van der Waals surface area contributed by atoms with E-state index in [9.17, 15) is 4.79 Å². The number of nitrogens with two attached hydrogens (primary N) is 1. The highest BCUT2D eigenvalue weighted by molar-refractivity contribution is 5.97. The zero-order chi connectivity index (χ0) is 14.7. The predicted octanol–water partition coefficient (Wildman–Crippen LogP) is 1.29. The third kappa shape index (κ3) is 2.95. The summed E-state index contributed by atoms with van der Waals surface area (Å²) >= 11 is 0. The molecule has 1 saturated heterocycles. The number of rotatable bonds is 4. The summed E-state index contributed by atoms with van der Waals surface area (Å²) in [5.74, 6) is 0.467. The summed E-state index contributed by atoms with van der Waals surface area (Å²) in [6.07, 6.45) is 2.03. The van der Waals surface area contributed by atoms with Gasteiger partial charge in [0.15, 0.2) is 0 Å². The van der Waals surface area contributed by atoms with Crippen LogP contribution >= 0.6 is 0 Å². The van der Waals surface area contributed by atoms with E-state index in [4.69, 9.17) is 10.5 Å². The lowest BCUT2D eigenvalue weighted by atomic mass is 10.00. The topological polar surface area (TPSA) is 73.4 Å². The molecule has 0 spiro atoms. The van der Waals surface area contributed by atoms with E-state index >= 15 is 0 Å². The van der Waals surface area contributed by atoms with Crippen LogP contribution in [0, 0.1) is 12.8 Å². The lowest BCUT2D eigenvalue weighted by molar-refractivity contribution is 0.0493. The van der Waals surface area contributed by atoms with E-state index in [-0.39, 0.29) is 5.91 Å². The molecule has 0 radical (unpaired) electrons. The fourth-order valence-corrected chi connectivity index (χ4v) is 2.63. The van der Waals surface area contributed by atoms with Crippen LogP contribution in [0.5, 0.6) is 0 Å². The Morgan fingerprint density at radius 3 is 2.75 bits per heavy atom. The minimum atomic E-state index is -0.0450. The number of nitrogens with zero attached hydrogens (tertiary/aromatic N) is 3. The molecule has 20 heavy (non-hydrogen) atoms. The van der Waals surface area contributed by atoms with Crippen molar-refractivity contribution < 1.29 is 9.53 Å². The molecule has 6 heteroatoms. The highest BCUT2D eigenvalue weighted by Crippen LogP contribution is 2.20. The maximum Gasteiger partial charge on any atom is 0.274 e. The van der Waals surface area contributed by atoms with Crippen molar-refractivity contribution in [3.8, 4) is 0 Å². The number of aromatic nitrogens is 2. The van der Waals surface area contributed by atoms with Crippen LogP contribution in [-0.4, -0.2) is 47.4 Å². The van der Waals surface area contributed by atoms with Gasteiger partial charge in [0.25, 0.3) is 5.91 Å². The van der Waals surface area contributed by atoms with E-state index in [2.05, 4.69) is 5.10 Å². The van der Waals surface area contributed by atoms with Gasteiger partial charge in [0.1, 0.15) is 5.69 Å². The van der Waals surface area contributed by atoms with Crippen molar-refractivity contribution in [2.45, 2.75) is 33.2 Å². The van der Waals surface area contributed by atoms with E-state index in [0.29, 0.717) is 23.8 Å². The molecule has 0 aromatic carbocycles. The molecule has 1 aliphatic heterocycles. The van der Waals surface area contributed by atoms with Crippen molar-refractivity contribution in [1.29, 1.82) is 0 Å². The quantitative estimate of drug-likeness (QED) is 0.902. The molecule has 1 aliphatic rings. The molecule has 2 heterocycles. The van der Waals surface area contributed by atoms with Crippen molar-refractivity contribution >= 4 is 11.6 Å². The maximum absolute atomic E-state index is 12.6. The Labute approximate surface area is 119 Å². The number of hydrogen-bond acceptors (Lipinski definition) is 4. The Morgan fingerprint density at radius 1 is 1.50 bits per heavy atom. The highest BCUT2D eigenvalue weighted by Gasteiger charge is 2.24. The number of ether oxygens (including phenoxy) is 1. The summed E-state index contributed by atoms with van der Waals surface area (Å²) in [6.45, 7) is 6.76. The van der Waals surface area contributed by atoms with Crippen LogP contribution in [0.15, 0.2) is 0 Å². The van der Waals surface area contributed by atoms with Crippen LogP contribution in [0.1, 0.15) is 35.9 Å². The molecule has 1 aromatic rings. The molecule has 1 fully saturated rings. The Bertz CT molecular complexity index is 478. The Kier molecular flexibility index (Phi) is 4.65. The van der Waals surface area contributed by atoms with Crippen LogP contribution in [-0.2, 0) is 11.3 Å². The average Bonchev–Trinajstić information content (AvgIpc) is 2.74. The van der Waals surface area contributed by atoms with Crippen LogP contribution in [0.2, 0.25) is 0 Å². The first-order chi connectivity index (χ1) is 9.54. The summed E-state index contributed by atoms with van der Waals surface area (Å²) in [7, 11) is 1.83. The van der Waals surface area contributed by atoms with Crippen LogP contribution < -0.4 is 5.73 Å². The zero-order valence-electron chi connectivity index (χ0n) is 12.6. The monoisotopic (exact) mass is 280 g/mol. The molecule has 6 nitrogen and oxygen atoms in total. The summed E-state index contributed by atoms with van der Waals surface area (Å²) in [5.41, 5.74) is 7.73. The van der Waals surface area contributed by atoms with Gasteiger partial charge in [0, 0.05) is 33.4 Å². The normalized spacial score (nSPS) is 16.4. The average molecular weight is 280 g/mol. The van der Waals surface area contributed by atoms with Gasteiger partial charge in [-0.1, -0.05) is 0 Å². The summed E-state index contributed by atoms with van der Waals surface area (Å²) in [6, 6.07) is 0. The molecular formula is C14H24N4O2. The molecule has 112 valence electrons. The van der Waals surface area contributed by atoms with Gasteiger partial charge < -0.3 is 15.4 Å². The van der Waals surface area contributed by atoms with Gasteiger partial charge in [-0.15, -0.1) is 0 Å². The summed E-state index contributed by atoms with van der Waals surface area (Å²) in [5, 5.41) is 4.30. The highest BCUT2D eigenvalue weighted by atomic mass is 16.5. The van der Waals surface area contributed by atoms with E-state index in [0.717, 1.165) is 38.3 Å². The lowest BCUT2D eigenvalue weighted by Gasteiger charge is -2.27. The SMILES string of the molecule is CCn1nc(C)c(N)c1C(=O)N(C)CC1CCOCC1. The van der Waals surface area contributed by atoms with Gasteiger partial charge in [-0.25, -0.2) is 0 Å². The maximum atomic E-state index is 12.6. The standard InChI is InChI=1S/C14H24N4O2/c1-4-18-13(12(15)10(2)16-18)14(19)17(3)9-11-5-7-20-8-6-11/h11H,4-9,15H2,1-3H3. The molecular weight excluding hydrogens is 256 g/mol. The molecule has 0 bridgehead atoms. The first kappa shape index (κ1) is 14.8. The fraction of sp³-hybridized carbons (Fsp3) is 0.714. The number of aryl methyl sites for hydroxylation is 2. The summed E-state index contributed by atoms with van der Waals surface area (Å²) in [4.78, 5) is 14.3. The lowest BCUT2D eigenvalue weighted by Crippen LogP contribution is -2.35. The van der Waals surface area contributed by atoms with Crippen LogP contribution in [0.4, 0.5) is 5.69 Å². The van der Waals surface area contributed by atoms with E-state index < -0.39 is 0 Å². The Hall–Kier alpha value is -1.56. The molecule has 0 unspecified atom stereocenters. The number of anilines is 1. The fourth-order valence-electron chi connectivity index (χ4n) is 2.63. The van der Waals surface area contributed by atoms with Gasteiger partial charge in [-0.3, -0.25) is 9.48 Å². The molecule has 0 aliphatic carbocycles. The van der Waals surface area contributed by atoms with Crippen molar-refractivity contribution in [1.82, 2.24) is 14.7 Å². The number of carbonyl (C=O) groups is 1. The molecule has 0 saturated carbocycles. The largest absolute Gasteiger partial charge is 0.395 e. The van der Waals surface area contributed by atoms with Crippen molar-refractivity contribution in [2.75, 3.05) is 32.5 Å². The third-order valence-electron chi connectivity index (χ3n) is 3.90. The third-order valence-corrected chi connectivity index (χ3v) is 3.90. The van der Waals surface area contributed by atoms with Crippen LogP contribution in [0.3, 0.4) is 0 Å². The number of nitrogen functional groups attached to an aromatic ring is 1. The minimum Gasteiger partial charge on any atom is -0.395 e. The van der Waals surface area contributed by atoms with Crippen LogP contribution in [0.25, 0.3) is 0 Å². The molecule has 2 N–H and O–H groups in total. The minimum absolute atomic E-state index is 0.0450. The van der Waals surface area contributed by atoms with Gasteiger partial charge in [0.2, 0.25) is 0 Å². The van der Waals surface area contributed by atoms with E-state index in [1.54, 1.807) is 9.58 Å². The Morgan fingerprint density at radius 2 is 2.15 bits per heavy atom. The van der Waals surface area contributed by atoms with Gasteiger partial charge >= 0.3 is 0 Å². The van der Waals surface area contributed by atoms with Gasteiger partial charge in [-0.05, 0) is 32.6 Å². The smallest absolute Gasteiger partial charge is 0.274 e. The molecule has 0 atom stereocenters. The number of amides is 1. The van der Waals surface area contributed by atoms with Crippen molar-refractivity contribution in [3.63, 3.8) is 0 Å². The zero-order valence-corrected chi connectivity index (χ0v) is 12.6. The summed E-state index contributed by atoms with van der Waals surface area (Å²) < 4.78 is 7.04.